The zero-order chi connectivity index (χ0) is 15.2. The van der Waals surface area contributed by atoms with E-state index < -0.39 is 5.91 Å². The van der Waals surface area contributed by atoms with Gasteiger partial charge in [0.15, 0.2) is 0 Å². The summed E-state index contributed by atoms with van der Waals surface area (Å²) in [5.41, 5.74) is 6.54. The van der Waals surface area contributed by atoms with Crippen molar-refractivity contribution in [2.24, 2.45) is 0 Å². The molecular weight excluding hydrogens is 268 g/mol. The molecule has 21 heavy (non-hydrogen) atoms. The molecule has 0 spiro atoms. The molecule has 2 amide bonds. The van der Waals surface area contributed by atoms with Crippen molar-refractivity contribution >= 4 is 17.5 Å². The van der Waals surface area contributed by atoms with Gasteiger partial charge in [0.25, 0.3) is 11.8 Å². The zero-order valence-electron chi connectivity index (χ0n) is 11.8. The molecule has 0 aliphatic rings. The quantitative estimate of drug-likeness (QED) is 0.831. The highest BCUT2D eigenvalue weighted by atomic mass is 16.2. The number of carbonyl (C=O) groups is 2. The van der Waals surface area contributed by atoms with Gasteiger partial charge < -0.3 is 4.90 Å². The third kappa shape index (κ3) is 3.79. The van der Waals surface area contributed by atoms with Gasteiger partial charge in [0, 0.05) is 37.7 Å². The van der Waals surface area contributed by atoms with E-state index in [1.807, 2.05) is 31.1 Å². The summed E-state index contributed by atoms with van der Waals surface area (Å²) in [5.74, 6) is -0.793. The smallest absolute Gasteiger partial charge is 0.271 e. The highest BCUT2D eigenvalue weighted by molar-refractivity contribution is 5.99. The van der Waals surface area contributed by atoms with E-state index in [2.05, 4.69) is 15.8 Å². The average molecular weight is 284 g/mol. The fourth-order valence-corrected chi connectivity index (χ4v) is 1.67. The summed E-state index contributed by atoms with van der Waals surface area (Å²) in [6, 6.07) is 10.3. The SMILES string of the molecule is CN(C)c1ccc(C(=O)NNC(=O)c2cccnc2)cc1. The van der Waals surface area contributed by atoms with Crippen molar-refractivity contribution in [2.45, 2.75) is 0 Å². The Kier molecular flexibility index (Phi) is 4.50. The van der Waals surface area contributed by atoms with Crippen molar-refractivity contribution in [3.05, 3.63) is 59.9 Å². The van der Waals surface area contributed by atoms with Crippen molar-refractivity contribution in [3.63, 3.8) is 0 Å². The van der Waals surface area contributed by atoms with Crippen LogP contribution in [0.25, 0.3) is 0 Å². The summed E-state index contributed by atoms with van der Waals surface area (Å²) >= 11 is 0. The molecule has 0 aliphatic carbocycles. The molecule has 0 bridgehead atoms. The first-order valence-corrected chi connectivity index (χ1v) is 6.36. The van der Waals surface area contributed by atoms with E-state index >= 15 is 0 Å². The number of anilines is 1. The highest BCUT2D eigenvalue weighted by Gasteiger charge is 2.09. The maximum absolute atomic E-state index is 11.9. The minimum absolute atomic E-state index is 0.376. The summed E-state index contributed by atoms with van der Waals surface area (Å²) in [7, 11) is 3.84. The Morgan fingerprint density at radius 3 is 2.10 bits per heavy atom. The molecule has 1 aromatic carbocycles. The molecule has 2 rings (SSSR count). The first-order chi connectivity index (χ1) is 10.1. The molecule has 6 heteroatoms. The van der Waals surface area contributed by atoms with Crippen LogP contribution in [0, 0.1) is 0 Å². The fourth-order valence-electron chi connectivity index (χ4n) is 1.67. The minimum Gasteiger partial charge on any atom is -0.378 e. The topological polar surface area (TPSA) is 74.3 Å². The highest BCUT2D eigenvalue weighted by Crippen LogP contribution is 2.11. The average Bonchev–Trinajstić information content (AvgIpc) is 2.53. The molecule has 1 aromatic heterocycles. The summed E-state index contributed by atoms with van der Waals surface area (Å²) in [5, 5.41) is 0. The number of hydrazine groups is 1. The normalized spacial score (nSPS) is 9.81. The van der Waals surface area contributed by atoms with Gasteiger partial charge in [-0.25, -0.2) is 0 Å². The van der Waals surface area contributed by atoms with Crippen LogP contribution in [0.3, 0.4) is 0 Å². The number of nitrogens with zero attached hydrogens (tertiary/aromatic N) is 2. The predicted molar refractivity (Wildman–Crippen MR) is 79.9 cm³/mol. The lowest BCUT2D eigenvalue weighted by molar-refractivity contribution is 0.0846. The Bertz CT molecular complexity index is 624. The van der Waals surface area contributed by atoms with Gasteiger partial charge >= 0.3 is 0 Å². The molecule has 0 saturated heterocycles. The molecule has 0 unspecified atom stereocenters. The van der Waals surface area contributed by atoms with E-state index in [9.17, 15) is 9.59 Å². The molecule has 0 saturated carbocycles. The molecule has 0 atom stereocenters. The number of rotatable bonds is 3. The number of nitrogens with one attached hydrogen (secondary N) is 2. The fraction of sp³-hybridized carbons (Fsp3) is 0.133. The number of benzene rings is 1. The van der Waals surface area contributed by atoms with E-state index in [-0.39, 0.29) is 5.91 Å². The minimum atomic E-state index is -0.415. The Labute approximate surface area is 122 Å². The van der Waals surface area contributed by atoms with E-state index in [0.717, 1.165) is 5.69 Å². The van der Waals surface area contributed by atoms with Crippen molar-refractivity contribution in [2.75, 3.05) is 19.0 Å². The van der Waals surface area contributed by atoms with Gasteiger partial charge in [-0.05, 0) is 36.4 Å². The van der Waals surface area contributed by atoms with E-state index in [1.54, 1.807) is 30.5 Å². The standard InChI is InChI=1S/C15H16N4O2/c1-19(2)13-7-5-11(6-8-13)14(20)17-18-15(21)12-4-3-9-16-10-12/h3-10H,1-2H3,(H,17,20)(H,18,21). The van der Waals surface area contributed by atoms with Gasteiger partial charge in [0.1, 0.15) is 0 Å². The lowest BCUT2D eigenvalue weighted by Crippen LogP contribution is -2.41. The molecule has 108 valence electrons. The van der Waals surface area contributed by atoms with Crippen molar-refractivity contribution in [1.82, 2.24) is 15.8 Å². The second-order valence-electron chi connectivity index (χ2n) is 4.59. The molecule has 0 aliphatic heterocycles. The van der Waals surface area contributed by atoms with Crippen LogP contribution in [0.15, 0.2) is 48.8 Å². The van der Waals surface area contributed by atoms with Gasteiger partial charge in [-0.1, -0.05) is 0 Å². The Morgan fingerprint density at radius 1 is 0.952 bits per heavy atom. The monoisotopic (exact) mass is 284 g/mol. The van der Waals surface area contributed by atoms with Gasteiger partial charge in [-0.15, -0.1) is 0 Å². The van der Waals surface area contributed by atoms with Crippen molar-refractivity contribution < 1.29 is 9.59 Å². The van der Waals surface area contributed by atoms with Crippen molar-refractivity contribution in [1.29, 1.82) is 0 Å². The van der Waals surface area contributed by atoms with Crippen LogP contribution in [0.4, 0.5) is 5.69 Å². The van der Waals surface area contributed by atoms with Crippen LogP contribution in [0.5, 0.6) is 0 Å². The molecule has 6 nitrogen and oxygen atoms in total. The van der Waals surface area contributed by atoms with Gasteiger partial charge in [-0.2, -0.15) is 0 Å². The molecule has 0 fully saturated rings. The first-order valence-electron chi connectivity index (χ1n) is 6.36. The summed E-state index contributed by atoms with van der Waals surface area (Å²) in [6.07, 6.45) is 3.00. The summed E-state index contributed by atoms with van der Waals surface area (Å²) in [4.78, 5) is 29.4. The van der Waals surface area contributed by atoms with E-state index in [1.165, 1.54) is 6.20 Å². The Hall–Kier alpha value is -2.89. The molecule has 0 radical (unpaired) electrons. The van der Waals surface area contributed by atoms with Crippen LogP contribution >= 0.6 is 0 Å². The number of carbonyl (C=O) groups excluding carboxylic acids is 2. The Balaban J connectivity index is 1.94. The van der Waals surface area contributed by atoms with Crippen LogP contribution in [0.1, 0.15) is 20.7 Å². The van der Waals surface area contributed by atoms with E-state index in [4.69, 9.17) is 0 Å². The molecule has 2 aromatic rings. The number of aromatic nitrogens is 1. The molecule has 2 N–H and O–H groups in total. The number of pyridine rings is 1. The Morgan fingerprint density at radius 2 is 1.57 bits per heavy atom. The first kappa shape index (κ1) is 14.5. The second kappa shape index (κ2) is 6.51. The van der Waals surface area contributed by atoms with Crippen LogP contribution in [-0.4, -0.2) is 30.9 Å². The summed E-state index contributed by atoms with van der Waals surface area (Å²) < 4.78 is 0. The second-order valence-corrected chi connectivity index (χ2v) is 4.59. The van der Waals surface area contributed by atoms with E-state index in [0.29, 0.717) is 11.1 Å². The third-order valence-corrected chi connectivity index (χ3v) is 2.86. The van der Waals surface area contributed by atoms with Gasteiger partial charge in [-0.3, -0.25) is 25.4 Å². The van der Waals surface area contributed by atoms with Gasteiger partial charge in [0.05, 0.1) is 5.56 Å². The number of amides is 2. The van der Waals surface area contributed by atoms with Crippen molar-refractivity contribution in [3.8, 4) is 0 Å². The molecular formula is C15H16N4O2. The number of hydrogen-bond acceptors (Lipinski definition) is 4. The number of hydrogen-bond donors (Lipinski definition) is 2. The molecule has 1 heterocycles. The lowest BCUT2D eigenvalue weighted by Gasteiger charge is -2.12. The lowest BCUT2D eigenvalue weighted by atomic mass is 10.2. The zero-order valence-corrected chi connectivity index (χ0v) is 11.8. The maximum Gasteiger partial charge on any atom is 0.271 e. The van der Waals surface area contributed by atoms with Crippen LogP contribution in [0.2, 0.25) is 0 Å². The van der Waals surface area contributed by atoms with Crippen LogP contribution < -0.4 is 15.8 Å². The third-order valence-electron chi connectivity index (χ3n) is 2.86. The predicted octanol–water partition coefficient (Wildman–Crippen LogP) is 1.22. The summed E-state index contributed by atoms with van der Waals surface area (Å²) in [6.45, 7) is 0. The van der Waals surface area contributed by atoms with Gasteiger partial charge in [0.2, 0.25) is 0 Å². The van der Waals surface area contributed by atoms with Crippen LogP contribution in [-0.2, 0) is 0 Å². The largest absolute Gasteiger partial charge is 0.378 e. The maximum atomic E-state index is 11.9.